The van der Waals surface area contributed by atoms with E-state index < -0.39 is 47.8 Å². The van der Waals surface area contributed by atoms with Crippen molar-refractivity contribution in [2.24, 2.45) is 16.1 Å². The van der Waals surface area contributed by atoms with Gasteiger partial charge in [-0.25, -0.2) is 28.1 Å². The second-order valence-electron chi connectivity index (χ2n) is 14.0. The van der Waals surface area contributed by atoms with Crippen molar-refractivity contribution in [1.29, 1.82) is 0 Å². The fraction of sp³-hybridized carbons (Fsp3) is 0.441. The SMILES string of the molecule is Cc1ncnn1-c1cc([C@@H](COC(O)NC2(C(F)F)CC2)N2C(=O)[C@@](CC(C)(C)C)(c3ccc(-c4cnn(C(F)F)c4)cc3)N=C2N)ccc1Cl. The van der Waals surface area contributed by atoms with Crippen LogP contribution in [0.2, 0.25) is 5.02 Å². The van der Waals surface area contributed by atoms with Gasteiger partial charge in [-0.05, 0) is 60.4 Å². The van der Waals surface area contributed by atoms with Crippen molar-refractivity contribution in [3.05, 3.63) is 83.2 Å². The van der Waals surface area contributed by atoms with Crippen LogP contribution in [0.15, 0.2) is 66.2 Å². The van der Waals surface area contributed by atoms with Gasteiger partial charge < -0.3 is 15.6 Å². The van der Waals surface area contributed by atoms with Crippen molar-refractivity contribution in [1.82, 2.24) is 34.8 Å². The number of hydrogen-bond donors (Lipinski definition) is 3. The first-order valence-corrected chi connectivity index (χ1v) is 16.6. The summed E-state index contributed by atoms with van der Waals surface area (Å²) in [6.45, 7) is 4.42. The minimum atomic E-state index is -2.79. The van der Waals surface area contributed by atoms with Gasteiger partial charge in [0.15, 0.2) is 11.5 Å². The van der Waals surface area contributed by atoms with E-state index in [0.29, 0.717) is 43.5 Å². The predicted octanol–water partition coefficient (Wildman–Crippen LogP) is 5.70. The van der Waals surface area contributed by atoms with Crippen LogP contribution in [-0.2, 0) is 15.1 Å². The molecule has 0 radical (unpaired) electrons. The second-order valence-corrected chi connectivity index (χ2v) is 14.4. The third kappa shape index (κ3) is 7.22. The van der Waals surface area contributed by atoms with Crippen LogP contribution in [0.5, 0.6) is 0 Å². The highest BCUT2D eigenvalue weighted by atomic mass is 35.5. The third-order valence-corrected chi connectivity index (χ3v) is 9.37. The number of aliphatic hydroxyl groups excluding tert-OH is 1. The van der Waals surface area contributed by atoms with Crippen LogP contribution in [-0.4, -0.2) is 71.4 Å². The van der Waals surface area contributed by atoms with E-state index in [1.54, 1.807) is 49.4 Å². The van der Waals surface area contributed by atoms with Gasteiger partial charge in [-0.15, -0.1) is 0 Å². The maximum absolute atomic E-state index is 14.9. The van der Waals surface area contributed by atoms with E-state index in [4.69, 9.17) is 27.1 Å². The standard InChI is InChI=1S/C34H38ClF4N9O3/c1-19-41-18-43-48(19)25-13-21(7-10-24(25)35)26(16-51-31(50)45-33(11-12-33)27(36)37)47-28(49)34(44-30(47)40,17-32(2,3)4)23-8-5-20(6-9-23)22-14-42-46(15-22)29(38)39/h5-10,13-15,18,26-27,29,31,45,50H,11-12,16-17H2,1-4H3,(H2,40,44)/t26-,31?,34-/m1/s1. The Morgan fingerprint density at radius 2 is 1.78 bits per heavy atom. The van der Waals surface area contributed by atoms with Crippen molar-refractivity contribution in [2.45, 2.75) is 83.5 Å². The van der Waals surface area contributed by atoms with Crippen LogP contribution in [0, 0.1) is 12.3 Å². The highest BCUT2D eigenvalue weighted by Crippen LogP contribution is 2.46. The Hall–Kier alpha value is -4.38. The number of aliphatic imine (C=N–C) groups is 1. The Bertz CT molecular complexity index is 1920. The number of amides is 1. The van der Waals surface area contributed by atoms with Crippen molar-refractivity contribution < 1.29 is 32.2 Å². The molecule has 1 saturated carbocycles. The molecule has 1 aliphatic carbocycles. The molecule has 1 fully saturated rings. The summed E-state index contributed by atoms with van der Waals surface area (Å²) in [5.41, 5.74) is 5.56. The molecule has 2 aromatic heterocycles. The lowest BCUT2D eigenvalue weighted by Gasteiger charge is -2.35. The molecule has 3 atom stereocenters. The Morgan fingerprint density at radius 3 is 2.35 bits per heavy atom. The van der Waals surface area contributed by atoms with Crippen molar-refractivity contribution in [3.63, 3.8) is 0 Å². The Labute approximate surface area is 296 Å². The average Bonchev–Trinajstić information content (AvgIpc) is 3.35. The molecule has 12 nitrogen and oxygen atoms in total. The maximum atomic E-state index is 14.9. The van der Waals surface area contributed by atoms with Gasteiger partial charge in [-0.3, -0.25) is 15.0 Å². The highest BCUT2D eigenvalue weighted by Gasteiger charge is 2.54. The first-order valence-electron chi connectivity index (χ1n) is 16.2. The summed E-state index contributed by atoms with van der Waals surface area (Å²) in [5, 5.41) is 21.4. The fourth-order valence-corrected chi connectivity index (χ4v) is 6.59. The molecule has 0 bridgehead atoms. The maximum Gasteiger partial charge on any atom is 0.333 e. The molecule has 1 aliphatic heterocycles. The van der Waals surface area contributed by atoms with Crippen LogP contribution >= 0.6 is 11.6 Å². The van der Waals surface area contributed by atoms with Gasteiger partial charge in [0.05, 0.1) is 35.1 Å². The summed E-state index contributed by atoms with van der Waals surface area (Å²) in [5.74, 6) is -0.0955. The summed E-state index contributed by atoms with van der Waals surface area (Å²) < 4.78 is 61.4. The van der Waals surface area contributed by atoms with Gasteiger partial charge in [0.25, 0.3) is 12.3 Å². The molecule has 272 valence electrons. The number of carbonyl (C=O) groups is 1. The molecule has 51 heavy (non-hydrogen) atoms. The Balaban J connectivity index is 1.38. The summed E-state index contributed by atoms with van der Waals surface area (Å²) in [4.78, 5) is 25.2. The number of guanidine groups is 1. The van der Waals surface area contributed by atoms with Crippen LogP contribution in [0.1, 0.15) is 69.6 Å². The molecule has 4 N–H and O–H groups in total. The number of nitrogens with zero attached hydrogens (tertiary/aromatic N) is 7. The molecule has 0 spiro atoms. The zero-order valence-corrected chi connectivity index (χ0v) is 29.0. The smallest absolute Gasteiger partial charge is 0.333 e. The van der Waals surface area contributed by atoms with Crippen LogP contribution in [0.25, 0.3) is 16.8 Å². The van der Waals surface area contributed by atoms with E-state index in [0.717, 1.165) is 0 Å². The quantitative estimate of drug-likeness (QED) is 0.117. The van der Waals surface area contributed by atoms with Gasteiger partial charge in [0.2, 0.25) is 6.41 Å². The number of carbonyl (C=O) groups excluding carboxylic acids is 1. The van der Waals surface area contributed by atoms with E-state index >= 15 is 0 Å². The van der Waals surface area contributed by atoms with Crippen LogP contribution < -0.4 is 11.1 Å². The molecule has 1 amide bonds. The number of nitrogens with two attached hydrogens (primary N) is 1. The number of ether oxygens (including phenoxy) is 1. The molecule has 4 aromatic rings. The van der Waals surface area contributed by atoms with Crippen LogP contribution in [0.3, 0.4) is 0 Å². The van der Waals surface area contributed by atoms with E-state index in [1.807, 2.05) is 20.8 Å². The molecular weight excluding hydrogens is 694 g/mol. The number of hydrogen-bond acceptors (Lipinski definition) is 9. The number of halogens is 5. The molecule has 2 aliphatic rings. The van der Waals surface area contributed by atoms with E-state index in [1.165, 1.54) is 28.3 Å². The number of aromatic nitrogens is 5. The summed E-state index contributed by atoms with van der Waals surface area (Å²) in [7, 11) is 0. The molecule has 0 saturated heterocycles. The number of aryl methyl sites for hydroxylation is 1. The predicted molar refractivity (Wildman–Crippen MR) is 180 cm³/mol. The topological polar surface area (TPSA) is 149 Å². The van der Waals surface area contributed by atoms with Crippen molar-refractivity contribution in [2.75, 3.05) is 6.61 Å². The largest absolute Gasteiger partial charge is 0.369 e. The monoisotopic (exact) mass is 731 g/mol. The zero-order valence-electron chi connectivity index (χ0n) is 28.3. The van der Waals surface area contributed by atoms with Gasteiger partial charge in [-0.1, -0.05) is 62.7 Å². The first kappa shape index (κ1) is 36.4. The molecule has 2 aromatic carbocycles. The highest BCUT2D eigenvalue weighted by molar-refractivity contribution is 6.32. The van der Waals surface area contributed by atoms with E-state index in [-0.39, 0.29) is 31.8 Å². The Morgan fingerprint density at radius 1 is 1.08 bits per heavy atom. The lowest BCUT2D eigenvalue weighted by Crippen LogP contribution is -2.49. The first-order chi connectivity index (χ1) is 24.0. The second kappa shape index (κ2) is 13.6. The number of alkyl halides is 4. The summed E-state index contributed by atoms with van der Waals surface area (Å²) in [6.07, 6.45) is -0.0369. The minimum Gasteiger partial charge on any atom is -0.369 e. The summed E-state index contributed by atoms with van der Waals surface area (Å²) >= 11 is 6.58. The van der Waals surface area contributed by atoms with Gasteiger partial charge in [-0.2, -0.15) is 19.0 Å². The molecule has 6 rings (SSSR count). The van der Waals surface area contributed by atoms with Crippen LogP contribution in [0.4, 0.5) is 17.6 Å². The van der Waals surface area contributed by atoms with Gasteiger partial charge >= 0.3 is 6.55 Å². The molecule has 1 unspecified atom stereocenters. The van der Waals surface area contributed by atoms with E-state index in [2.05, 4.69) is 20.5 Å². The summed E-state index contributed by atoms with van der Waals surface area (Å²) in [6, 6.07) is 10.7. The Kier molecular flexibility index (Phi) is 9.73. The third-order valence-electron chi connectivity index (χ3n) is 9.05. The fourth-order valence-electron chi connectivity index (χ4n) is 6.39. The minimum absolute atomic E-state index is 0.137. The van der Waals surface area contributed by atoms with Gasteiger partial charge in [0, 0.05) is 11.8 Å². The van der Waals surface area contributed by atoms with E-state index in [9.17, 15) is 27.5 Å². The zero-order chi connectivity index (χ0) is 36.9. The number of aliphatic hydroxyl groups is 1. The van der Waals surface area contributed by atoms with Crippen molar-refractivity contribution >= 4 is 23.5 Å². The number of benzene rings is 2. The average molecular weight is 732 g/mol. The van der Waals surface area contributed by atoms with Gasteiger partial charge in [0.1, 0.15) is 12.2 Å². The molecule has 3 heterocycles. The van der Waals surface area contributed by atoms with Crippen molar-refractivity contribution in [3.8, 4) is 16.8 Å². The molecule has 17 heteroatoms. The molecular formula is C34H38ClF4N9O3. The number of rotatable bonds is 13. The lowest BCUT2D eigenvalue weighted by atomic mass is 9.75. The normalized spacial score (nSPS) is 20.0. The lowest BCUT2D eigenvalue weighted by molar-refractivity contribution is -0.153. The number of nitrogens with one attached hydrogen (secondary N) is 1.